The molecule has 0 unspecified atom stereocenters. The van der Waals surface area contributed by atoms with Crippen LogP contribution in [-0.4, -0.2) is 46.8 Å². The van der Waals surface area contributed by atoms with Gasteiger partial charge in [0.1, 0.15) is 16.5 Å². The zero-order valence-corrected chi connectivity index (χ0v) is 17.7. The number of benzene rings is 2. The van der Waals surface area contributed by atoms with Crippen molar-refractivity contribution in [3.05, 3.63) is 70.5 Å². The first kappa shape index (κ1) is 20.1. The Morgan fingerprint density at radius 2 is 1.86 bits per heavy atom. The lowest BCUT2D eigenvalue weighted by Gasteiger charge is -2.40. The minimum absolute atomic E-state index is 0.235. The van der Waals surface area contributed by atoms with E-state index in [1.165, 1.54) is 17.0 Å². The Hall–Kier alpha value is -2.15. The molecule has 2 aliphatic rings. The number of piperidine rings is 1. The van der Waals surface area contributed by atoms with E-state index in [0.29, 0.717) is 21.3 Å². The number of hydrogen-bond donors (Lipinski definition) is 1. The predicted octanol–water partition coefficient (Wildman–Crippen LogP) is 3.15. The van der Waals surface area contributed by atoms with Crippen molar-refractivity contribution in [2.75, 3.05) is 19.6 Å². The summed E-state index contributed by atoms with van der Waals surface area (Å²) in [6.45, 7) is 5.01. The van der Waals surface area contributed by atoms with E-state index in [0.717, 1.165) is 38.0 Å². The Morgan fingerprint density at radius 1 is 1.21 bits per heavy atom. The van der Waals surface area contributed by atoms with Gasteiger partial charge in [-0.15, -0.1) is 0 Å². The molecule has 0 bridgehead atoms. The third kappa shape index (κ3) is 3.61. The summed E-state index contributed by atoms with van der Waals surface area (Å²) in [7, 11) is 0. The van der Waals surface area contributed by atoms with Gasteiger partial charge in [0.05, 0.1) is 30.2 Å². The van der Waals surface area contributed by atoms with E-state index in [2.05, 4.69) is 6.92 Å². The summed E-state index contributed by atoms with van der Waals surface area (Å²) in [6.07, 6.45) is 1.44. The van der Waals surface area contributed by atoms with Crippen molar-refractivity contribution < 1.29 is 14.1 Å². The standard InChI is InChI=1S/C22H21ClFN3OS/c1-2-26-13-11-22(12-14-26)25-19(15-7-9-16(24)10-8-15)21(29)27(22)20(28)17-5-3-4-6-18(17)23/h3-10H,2,11-14H2,1H3/p+1. The monoisotopic (exact) mass is 430 g/mol. The highest BCUT2D eigenvalue weighted by Gasteiger charge is 2.51. The number of carbonyl (C=O) groups is 1. The van der Waals surface area contributed by atoms with Crippen molar-refractivity contribution in [2.24, 2.45) is 4.99 Å². The van der Waals surface area contributed by atoms with Gasteiger partial charge in [0, 0.05) is 18.4 Å². The van der Waals surface area contributed by atoms with Crippen LogP contribution >= 0.6 is 23.8 Å². The Labute approximate surface area is 180 Å². The normalized spacial score (nSPS) is 24.1. The van der Waals surface area contributed by atoms with Crippen LogP contribution in [0.15, 0.2) is 53.5 Å². The van der Waals surface area contributed by atoms with Crippen LogP contribution in [0.4, 0.5) is 4.39 Å². The van der Waals surface area contributed by atoms with Crippen LogP contribution in [0.2, 0.25) is 5.02 Å². The fourth-order valence-electron chi connectivity index (χ4n) is 4.13. The molecule has 2 aromatic carbocycles. The molecular formula is C22H22ClFN3OS+. The van der Waals surface area contributed by atoms with Gasteiger partial charge in [0.2, 0.25) is 0 Å². The number of quaternary nitrogens is 1. The third-order valence-corrected chi connectivity index (χ3v) is 6.53. The number of thiocarbonyl (C=S) groups is 1. The molecule has 2 heterocycles. The first-order valence-corrected chi connectivity index (χ1v) is 10.6. The van der Waals surface area contributed by atoms with E-state index in [4.69, 9.17) is 28.8 Å². The number of halogens is 2. The smallest absolute Gasteiger partial charge is 0.262 e. The molecule has 4 nitrogen and oxygen atoms in total. The van der Waals surface area contributed by atoms with E-state index in [1.807, 2.05) is 0 Å². The first-order chi connectivity index (χ1) is 13.9. The van der Waals surface area contributed by atoms with Crippen LogP contribution in [0.25, 0.3) is 0 Å². The zero-order chi connectivity index (χ0) is 20.6. The maximum Gasteiger partial charge on any atom is 0.262 e. The molecule has 4 rings (SSSR count). The maximum absolute atomic E-state index is 13.5. The molecule has 1 saturated heterocycles. The van der Waals surface area contributed by atoms with E-state index in [9.17, 15) is 9.18 Å². The molecule has 1 spiro atoms. The summed E-state index contributed by atoms with van der Waals surface area (Å²) in [4.78, 5) is 22.0. The number of aliphatic imine (C=N–C) groups is 1. The average molecular weight is 431 g/mol. The maximum atomic E-state index is 13.5. The molecule has 0 aliphatic carbocycles. The largest absolute Gasteiger partial charge is 0.335 e. The summed E-state index contributed by atoms with van der Waals surface area (Å²) in [5, 5.41) is 0.391. The molecule has 29 heavy (non-hydrogen) atoms. The second-order valence-electron chi connectivity index (χ2n) is 7.48. The van der Waals surface area contributed by atoms with Crippen LogP contribution in [0.1, 0.15) is 35.7 Å². The van der Waals surface area contributed by atoms with Crippen molar-refractivity contribution >= 4 is 40.4 Å². The van der Waals surface area contributed by atoms with Crippen LogP contribution in [0.3, 0.4) is 0 Å². The lowest BCUT2D eigenvalue weighted by atomic mass is 9.95. The Balaban J connectivity index is 1.77. The number of likely N-dealkylation sites (tertiary alicyclic amines) is 1. The lowest BCUT2D eigenvalue weighted by Crippen LogP contribution is -3.13. The van der Waals surface area contributed by atoms with Crippen molar-refractivity contribution in [1.82, 2.24) is 4.90 Å². The van der Waals surface area contributed by atoms with Gasteiger partial charge in [-0.3, -0.25) is 14.7 Å². The summed E-state index contributed by atoms with van der Waals surface area (Å²) in [6, 6.07) is 13.1. The van der Waals surface area contributed by atoms with Gasteiger partial charge in [-0.1, -0.05) is 36.0 Å². The molecule has 2 aromatic rings. The van der Waals surface area contributed by atoms with Gasteiger partial charge >= 0.3 is 0 Å². The molecule has 1 fully saturated rings. The number of amides is 1. The van der Waals surface area contributed by atoms with E-state index in [-0.39, 0.29) is 11.7 Å². The fraction of sp³-hybridized carbons (Fsp3) is 0.318. The summed E-state index contributed by atoms with van der Waals surface area (Å²) in [5.41, 5.74) is 0.989. The molecule has 0 aromatic heterocycles. The zero-order valence-electron chi connectivity index (χ0n) is 16.1. The van der Waals surface area contributed by atoms with Gasteiger partial charge in [-0.05, 0) is 43.3 Å². The van der Waals surface area contributed by atoms with Gasteiger partial charge in [0.15, 0.2) is 5.66 Å². The summed E-state index contributed by atoms with van der Waals surface area (Å²) >= 11 is 12.1. The van der Waals surface area contributed by atoms with E-state index in [1.54, 1.807) is 41.3 Å². The Bertz CT molecular complexity index is 984. The van der Waals surface area contributed by atoms with Gasteiger partial charge in [-0.2, -0.15) is 0 Å². The summed E-state index contributed by atoms with van der Waals surface area (Å²) in [5.74, 6) is -0.557. The van der Waals surface area contributed by atoms with Crippen LogP contribution < -0.4 is 4.90 Å². The fourth-order valence-corrected chi connectivity index (χ4v) is 4.76. The van der Waals surface area contributed by atoms with Crippen molar-refractivity contribution in [3.8, 4) is 0 Å². The Morgan fingerprint density at radius 3 is 2.48 bits per heavy atom. The lowest BCUT2D eigenvalue weighted by molar-refractivity contribution is -0.904. The topological polar surface area (TPSA) is 37.1 Å². The SMILES string of the molecule is CC[NH+]1CCC2(CC1)N=C(c1ccc(F)cc1)C(=S)N2C(=O)c1ccccc1Cl. The van der Waals surface area contributed by atoms with Crippen molar-refractivity contribution in [3.63, 3.8) is 0 Å². The highest BCUT2D eigenvalue weighted by molar-refractivity contribution is 7.82. The molecule has 1 amide bonds. The van der Waals surface area contributed by atoms with E-state index < -0.39 is 5.66 Å². The van der Waals surface area contributed by atoms with Crippen LogP contribution in [0.5, 0.6) is 0 Å². The minimum atomic E-state index is -0.713. The van der Waals surface area contributed by atoms with Crippen LogP contribution in [-0.2, 0) is 0 Å². The second-order valence-corrected chi connectivity index (χ2v) is 8.27. The predicted molar refractivity (Wildman–Crippen MR) is 116 cm³/mol. The highest BCUT2D eigenvalue weighted by Crippen LogP contribution is 2.36. The number of rotatable bonds is 3. The van der Waals surface area contributed by atoms with Crippen molar-refractivity contribution in [1.29, 1.82) is 0 Å². The number of hydrogen-bond acceptors (Lipinski definition) is 3. The first-order valence-electron chi connectivity index (χ1n) is 9.78. The van der Waals surface area contributed by atoms with Gasteiger partial charge in [0.25, 0.3) is 5.91 Å². The minimum Gasteiger partial charge on any atom is -0.335 e. The molecule has 150 valence electrons. The molecule has 0 radical (unpaired) electrons. The molecule has 0 atom stereocenters. The molecule has 2 aliphatic heterocycles. The van der Waals surface area contributed by atoms with Crippen molar-refractivity contribution in [2.45, 2.75) is 25.4 Å². The molecule has 0 saturated carbocycles. The quantitative estimate of drug-likeness (QED) is 0.759. The van der Waals surface area contributed by atoms with Crippen LogP contribution in [0, 0.1) is 5.82 Å². The number of nitrogens with one attached hydrogen (secondary N) is 1. The summed E-state index contributed by atoms with van der Waals surface area (Å²) < 4.78 is 13.4. The Kier molecular flexibility index (Phi) is 5.51. The van der Waals surface area contributed by atoms with Gasteiger partial charge < -0.3 is 4.90 Å². The highest BCUT2D eigenvalue weighted by atomic mass is 35.5. The van der Waals surface area contributed by atoms with E-state index >= 15 is 0 Å². The molecule has 1 N–H and O–H groups in total. The second kappa shape index (κ2) is 7.94. The number of carbonyl (C=O) groups excluding carboxylic acids is 1. The third-order valence-electron chi connectivity index (χ3n) is 5.82. The average Bonchev–Trinajstić information content (AvgIpc) is 3.01. The molecular weight excluding hydrogens is 409 g/mol. The van der Waals surface area contributed by atoms with Gasteiger partial charge in [-0.25, -0.2) is 4.39 Å². The number of nitrogens with zero attached hydrogens (tertiary/aromatic N) is 2. The molecule has 7 heteroatoms.